The minimum atomic E-state index is 0.540. The molecule has 3 heterocycles. The highest BCUT2D eigenvalue weighted by Gasteiger charge is 2.24. The molecule has 92 valence electrons. The Morgan fingerprint density at radius 2 is 2.17 bits per heavy atom. The molecule has 0 amide bonds. The van der Waals surface area contributed by atoms with E-state index in [1.807, 2.05) is 22.8 Å². The van der Waals surface area contributed by atoms with Gasteiger partial charge in [-0.2, -0.15) is 9.61 Å². The lowest BCUT2D eigenvalue weighted by Gasteiger charge is -2.03. The number of fused-ring (bicyclic) bond motifs is 1. The van der Waals surface area contributed by atoms with Crippen LogP contribution in [0.3, 0.4) is 0 Å². The zero-order chi connectivity index (χ0) is 11.9. The maximum atomic E-state index is 4.64. The highest BCUT2D eigenvalue weighted by atomic mass is 32.1. The Morgan fingerprint density at radius 3 is 2.94 bits per heavy atom. The van der Waals surface area contributed by atoms with Gasteiger partial charge in [-0.25, -0.2) is 0 Å². The van der Waals surface area contributed by atoms with Gasteiger partial charge < -0.3 is 4.98 Å². The molecule has 0 bridgehead atoms. The highest BCUT2D eigenvalue weighted by Crippen LogP contribution is 2.34. The van der Waals surface area contributed by atoms with Gasteiger partial charge in [0.25, 0.3) is 0 Å². The molecule has 0 radical (unpaired) electrons. The normalized spacial score (nSPS) is 16.9. The molecule has 0 atom stereocenters. The molecule has 3 aromatic rings. The summed E-state index contributed by atoms with van der Waals surface area (Å²) in [6.45, 7) is 0. The van der Waals surface area contributed by atoms with Crippen LogP contribution in [0.15, 0.2) is 18.3 Å². The van der Waals surface area contributed by atoms with Crippen molar-refractivity contribution in [2.75, 3.05) is 0 Å². The Morgan fingerprint density at radius 1 is 1.28 bits per heavy atom. The summed E-state index contributed by atoms with van der Waals surface area (Å²) in [7, 11) is 0. The van der Waals surface area contributed by atoms with Crippen molar-refractivity contribution in [3.63, 3.8) is 0 Å². The van der Waals surface area contributed by atoms with E-state index in [2.05, 4.69) is 20.3 Å². The standard InChI is InChI=1S/C12H13N5S/c1-2-5-8(4-1)10-14-15-12-17(10)16-11(18-12)9-6-3-7-13-9/h3,6-8,13H,1-2,4-5H2. The summed E-state index contributed by atoms with van der Waals surface area (Å²) >= 11 is 1.58. The summed E-state index contributed by atoms with van der Waals surface area (Å²) < 4.78 is 1.93. The van der Waals surface area contributed by atoms with Gasteiger partial charge in [0.1, 0.15) is 0 Å². The average Bonchev–Trinajstić information content (AvgIpc) is 3.13. The van der Waals surface area contributed by atoms with Gasteiger partial charge in [-0.05, 0) is 25.0 Å². The van der Waals surface area contributed by atoms with E-state index in [1.165, 1.54) is 25.7 Å². The fourth-order valence-electron chi connectivity index (χ4n) is 2.64. The maximum absolute atomic E-state index is 4.64. The molecule has 6 heteroatoms. The molecule has 1 saturated carbocycles. The van der Waals surface area contributed by atoms with E-state index in [4.69, 9.17) is 0 Å². The number of nitrogens with zero attached hydrogens (tertiary/aromatic N) is 4. The van der Waals surface area contributed by atoms with Gasteiger partial charge in [0.15, 0.2) is 10.8 Å². The highest BCUT2D eigenvalue weighted by molar-refractivity contribution is 7.19. The molecule has 0 spiro atoms. The largest absolute Gasteiger partial charge is 0.359 e. The van der Waals surface area contributed by atoms with Crippen LogP contribution in [0.4, 0.5) is 0 Å². The molecule has 0 aromatic carbocycles. The van der Waals surface area contributed by atoms with Crippen molar-refractivity contribution < 1.29 is 0 Å². The topological polar surface area (TPSA) is 58.9 Å². The van der Waals surface area contributed by atoms with Crippen LogP contribution in [0.2, 0.25) is 0 Å². The zero-order valence-electron chi connectivity index (χ0n) is 9.83. The van der Waals surface area contributed by atoms with E-state index in [-0.39, 0.29) is 0 Å². The monoisotopic (exact) mass is 259 g/mol. The van der Waals surface area contributed by atoms with Crippen LogP contribution < -0.4 is 0 Å². The number of hydrogen-bond acceptors (Lipinski definition) is 4. The van der Waals surface area contributed by atoms with Gasteiger partial charge in [-0.15, -0.1) is 10.2 Å². The lowest BCUT2D eigenvalue weighted by Crippen LogP contribution is -2.01. The van der Waals surface area contributed by atoms with Crippen LogP contribution in [0.25, 0.3) is 15.7 Å². The van der Waals surface area contributed by atoms with Gasteiger partial charge in [-0.1, -0.05) is 24.2 Å². The first-order valence-electron chi connectivity index (χ1n) is 6.28. The minimum Gasteiger partial charge on any atom is -0.359 e. The molecule has 1 fully saturated rings. The SMILES string of the molecule is c1c[nH]c(-c2nn3c(C4CCCC4)nnc3s2)c1. The number of nitrogens with one attached hydrogen (secondary N) is 1. The van der Waals surface area contributed by atoms with Crippen molar-refractivity contribution in [3.05, 3.63) is 24.2 Å². The molecule has 1 aliphatic carbocycles. The minimum absolute atomic E-state index is 0.540. The summed E-state index contributed by atoms with van der Waals surface area (Å²) in [4.78, 5) is 4.07. The lowest BCUT2D eigenvalue weighted by atomic mass is 10.1. The van der Waals surface area contributed by atoms with Crippen LogP contribution in [0, 0.1) is 0 Å². The molecule has 5 nitrogen and oxygen atoms in total. The Balaban J connectivity index is 1.81. The first-order valence-corrected chi connectivity index (χ1v) is 7.09. The van der Waals surface area contributed by atoms with Crippen molar-refractivity contribution in [2.24, 2.45) is 0 Å². The lowest BCUT2D eigenvalue weighted by molar-refractivity contribution is 0.641. The molecule has 4 rings (SSSR count). The number of aromatic nitrogens is 5. The average molecular weight is 259 g/mol. The Hall–Kier alpha value is -1.69. The maximum Gasteiger partial charge on any atom is 0.235 e. The number of H-pyrrole nitrogens is 1. The Kier molecular flexibility index (Phi) is 2.23. The molecule has 1 aliphatic rings. The number of aromatic amines is 1. The second kappa shape index (κ2) is 3.91. The van der Waals surface area contributed by atoms with Crippen LogP contribution >= 0.6 is 11.3 Å². The van der Waals surface area contributed by atoms with E-state index in [1.54, 1.807) is 11.3 Å². The third kappa shape index (κ3) is 1.49. The fraction of sp³-hybridized carbons (Fsp3) is 0.417. The second-order valence-electron chi connectivity index (χ2n) is 4.72. The van der Waals surface area contributed by atoms with E-state index in [9.17, 15) is 0 Å². The Bertz CT molecular complexity index is 660. The van der Waals surface area contributed by atoms with Gasteiger partial charge in [-0.3, -0.25) is 0 Å². The molecule has 18 heavy (non-hydrogen) atoms. The van der Waals surface area contributed by atoms with Crippen LogP contribution in [0.1, 0.15) is 37.4 Å². The van der Waals surface area contributed by atoms with E-state index in [0.717, 1.165) is 21.5 Å². The molecule has 0 saturated heterocycles. The van der Waals surface area contributed by atoms with Gasteiger partial charge in [0.05, 0.1) is 5.69 Å². The van der Waals surface area contributed by atoms with Crippen molar-refractivity contribution in [2.45, 2.75) is 31.6 Å². The van der Waals surface area contributed by atoms with Crippen molar-refractivity contribution >= 4 is 16.3 Å². The van der Waals surface area contributed by atoms with Crippen molar-refractivity contribution in [1.82, 2.24) is 24.8 Å². The fourth-order valence-corrected chi connectivity index (χ4v) is 3.48. The predicted octanol–water partition coefficient (Wildman–Crippen LogP) is 2.84. The third-order valence-corrected chi connectivity index (χ3v) is 4.50. The Labute approximate surface area is 108 Å². The molecule has 0 unspecified atom stereocenters. The van der Waals surface area contributed by atoms with E-state index in [0.29, 0.717) is 5.92 Å². The third-order valence-electron chi connectivity index (χ3n) is 3.56. The summed E-state index contributed by atoms with van der Waals surface area (Å²) in [5.74, 6) is 1.58. The molecule has 3 aromatic heterocycles. The van der Waals surface area contributed by atoms with Gasteiger partial charge in [0, 0.05) is 12.1 Å². The summed E-state index contributed by atoms with van der Waals surface area (Å²) in [6.07, 6.45) is 6.95. The van der Waals surface area contributed by atoms with E-state index < -0.39 is 0 Å². The summed E-state index contributed by atoms with van der Waals surface area (Å²) in [6, 6.07) is 4.01. The zero-order valence-corrected chi connectivity index (χ0v) is 10.7. The van der Waals surface area contributed by atoms with Crippen molar-refractivity contribution in [3.8, 4) is 10.7 Å². The molecule has 1 N–H and O–H groups in total. The van der Waals surface area contributed by atoms with Gasteiger partial charge >= 0.3 is 0 Å². The van der Waals surface area contributed by atoms with Crippen LogP contribution in [0.5, 0.6) is 0 Å². The summed E-state index contributed by atoms with van der Waals surface area (Å²) in [5, 5.41) is 14.2. The molecule has 0 aliphatic heterocycles. The number of rotatable bonds is 2. The molecular formula is C12H13N5S. The van der Waals surface area contributed by atoms with Crippen LogP contribution in [-0.2, 0) is 0 Å². The first kappa shape index (κ1) is 10.3. The van der Waals surface area contributed by atoms with E-state index >= 15 is 0 Å². The first-order chi connectivity index (χ1) is 8.92. The predicted molar refractivity (Wildman–Crippen MR) is 69.7 cm³/mol. The molecular weight excluding hydrogens is 246 g/mol. The van der Waals surface area contributed by atoms with Crippen LogP contribution in [-0.4, -0.2) is 24.8 Å². The quantitative estimate of drug-likeness (QED) is 0.770. The van der Waals surface area contributed by atoms with Gasteiger partial charge in [0.2, 0.25) is 4.96 Å². The summed E-state index contributed by atoms with van der Waals surface area (Å²) in [5.41, 5.74) is 1.04. The number of hydrogen-bond donors (Lipinski definition) is 1. The van der Waals surface area contributed by atoms with Crippen molar-refractivity contribution in [1.29, 1.82) is 0 Å². The smallest absolute Gasteiger partial charge is 0.235 e. The second-order valence-corrected chi connectivity index (χ2v) is 5.68.